The van der Waals surface area contributed by atoms with Gasteiger partial charge in [-0.15, -0.1) is 0 Å². The minimum Gasteiger partial charge on any atom is -0.327 e. The van der Waals surface area contributed by atoms with Crippen molar-refractivity contribution in [3.05, 3.63) is 0 Å². The van der Waals surface area contributed by atoms with Crippen LogP contribution in [0.3, 0.4) is 0 Å². The molecular weight excluding hydrogens is 220 g/mol. The second-order valence-corrected chi connectivity index (χ2v) is 6.74. The summed E-state index contributed by atoms with van der Waals surface area (Å²) in [5.74, 6) is 1.71. The smallest absolute Gasteiger partial charge is 0.00954 e. The van der Waals surface area contributed by atoms with Crippen molar-refractivity contribution in [3.8, 4) is 0 Å². The second kappa shape index (κ2) is 6.91. The van der Waals surface area contributed by atoms with E-state index in [9.17, 15) is 0 Å². The van der Waals surface area contributed by atoms with E-state index in [-0.39, 0.29) is 0 Å². The van der Waals surface area contributed by atoms with Gasteiger partial charge in [0.2, 0.25) is 0 Å². The van der Waals surface area contributed by atoms with E-state index >= 15 is 0 Å². The van der Waals surface area contributed by atoms with Crippen LogP contribution in [-0.2, 0) is 0 Å². The van der Waals surface area contributed by atoms with E-state index in [2.05, 4.69) is 18.7 Å². The third-order valence-electron chi connectivity index (χ3n) is 5.27. The molecule has 4 atom stereocenters. The standard InChI is InChI=1S/C16H32N2/c1-3-5-14-6-4-7-15(9-8-14)18-11-10-16(17)13(2)12-18/h13-16H,3-12,17H2,1-2H3. The van der Waals surface area contributed by atoms with Crippen molar-refractivity contribution >= 4 is 0 Å². The fourth-order valence-corrected chi connectivity index (χ4v) is 3.95. The van der Waals surface area contributed by atoms with Gasteiger partial charge >= 0.3 is 0 Å². The van der Waals surface area contributed by atoms with Gasteiger partial charge in [-0.2, -0.15) is 0 Å². The van der Waals surface area contributed by atoms with Gasteiger partial charge in [0.05, 0.1) is 0 Å². The van der Waals surface area contributed by atoms with Crippen molar-refractivity contribution < 1.29 is 0 Å². The van der Waals surface area contributed by atoms with Gasteiger partial charge in [0.15, 0.2) is 0 Å². The van der Waals surface area contributed by atoms with Crippen LogP contribution in [0, 0.1) is 11.8 Å². The molecule has 106 valence electrons. The normalized spacial score (nSPS) is 39.5. The Kier molecular flexibility index (Phi) is 5.50. The zero-order valence-electron chi connectivity index (χ0n) is 12.4. The summed E-state index contributed by atoms with van der Waals surface area (Å²) in [5.41, 5.74) is 6.14. The van der Waals surface area contributed by atoms with Crippen LogP contribution in [0.4, 0.5) is 0 Å². The molecule has 2 aliphatic rings. The Morgan fingerprint density at radius 2 is 1.94 bits per heavy atom. The molecule has 0 spiro atoms. The Labute approximate surface area is 113 Å². The predicted octanol–water partition coefficient (Wildman–Crippen LogP) is 3.40. The molecule has 0 aromatic carbocycles. The minimum atomic E-state index is 0.444. The summed E-state index contributed by atoms with van der Waals surface area (Å²) in [5, 5.41) is 0. The number of hydrogen-bond acceptors (Lipinski definition) is 2. The maximum Gasteiger partial charge on any atom is 0.00954 e. The van der Waals surface area contributed by atoms with Crippen LogP contribution in [0.1, 0.15) is 65.2 Å². The number of hydrogen-bond donors (Lipinski definition) is 1. The van der Waals surface area contributed by atoms with E-state index in [1.165, 1.54) is 64.5 Å². The lowest BCUT2D eigenvalue weighted by molar-refractivity contribution is 0.105. The molecule has 0 amide bonds. The first-order chi connectivity index (χ1) is 8.70. The molecule has 2 heteroatoms. The third kappa shape index (κ3) is 3.71. The summed E-state index contributed by atoms with van der Waals surface area (Å²) in [6.45, 7) is 7.14. The molecule has 0 aromatic heterocycles. The van der Waals surface area contributed by atoms with Crippen molar-refractivity contribution in [3.63, 3.8) is 0 Å². The van der Waals surface area contributed by atoms with Crippen molar-refractivity contribution in [2.24, 2.45) is 17.6 Å². The Bertz CT molecular complexity index is 241. The number of rotatable bonds is 3. The van der Waals surface area contributed by atoms with E-state index < -0.39 is 0 Å². The third-order valence-corrected chi connectivity index (χ3v) is 5.27. The van der Waals surface area contributed by atoms with Crippen molar-refractivity contribution in [1.29, 1.82) is 0 Å². The minimum absolute atomic E-state index is 0.444. The molecular formula is C16H32N2. The first-order valence-electron chi connectivity index (χ1n) is 8.20. The lowest BCUT2D eigenvalue weighted by atomic mass is 9.92. The summed E-state index contributed by atoms with van der Waals surface area (Å²) >= 11 is 0. The van der Waals surface area contributed by atoms with Crippen LogP contribution >= 0.6 is 0 Å². The van der Waals surface area contributed by atoms with Gasteiger partial charge in [-0.25, -0.2) is 0 Å². The molecule has 1 saturated carbocycles. The van der Waals surface area contributed by atoms with Crippen molar-refractivity contribution in [2.45, 2.75) is 77.3 Å². The Morgan fingerprint density at radius 1 is 1.11 bits per heavy atom. The molecule has 1 heterocycles. The van der Waals surface area contributed by atoms with E-state index in [1.54, 1.807) is 0 Å². The highest BCUT2D eigenvalue weighted by Crippen LogP contribution is 2.30. The molecule has 2 fully saturated rings. The highest BCUT2D eigenvalue weighted by atomic mass is 15.2. The first kappa shape index (κ1) is 14.3. The number of nitrogens with zero attached hydrogens (tertiary/aromatic N) is 1. The zero-order chi connectivity index (χ0) is 13.0. The topological polar surface area (TPSA) is 29.3 Å². The monoisotopic (exact) mass is 252 g/mol. The van der Waals surface area contributed by atoms with Crippen molar-refractivity contribution in [1.82, 2.24) is 4.90 Å². The number of nitrogens with two attached hydrogens (primary N) is 1. The Hall–Kier alpha value is -0.0800. The average Bonchev–Trinajstić information content (AvgIpc) is 2.59. The van der Waals surface area contributed by atoms with E-state index in [4.69, 9.17) is 5.73 Å². The highest BCUT2D eigenvalue weighted by Gasteiger charge is 2.29. The van der Waals surface area contributed by atoms with Gasteiger partial charge in [-0.05, 0) is 44.1 Å². The summed E-state index contributed by atoms with van der Waals surface area (Å²) in [6, 6.07) is 1.31. The summed E-state index contributed by atoms with van der Waals surface area (Å²) in [7, 11) is 0. The maximum absolute atomic E-state index is 6.14. The number of likely N-dealkylation sites (tertiary alicyclic amines) is 1. The predicted molar refractivity (Wildman–Crippen MR) is 78.6 cm³/mol. The van der Waals surface area contributed by atoms with E-state index in [0.29, 0.717) is 12.0 Å². The van der Waals surface area contributed by atoms with Crippen molar-refractivity contribution in [2.75, 3.05) is 13.1 Å². The van der Waals surface area contributed by atoms with Gasteiger partial charge < -0.3 is 10.6 Å². The molecule has 1 aliphatic carbocycles. The molecule has 2 nitrogen and oxygen atoms in total. The van der Waals surface area contributed by atoms with Crippen LogP contribution in [0.15, 0.2) is 0 Å². The van der Waals surface area contributed by atoms with Crippen LogP contribution in [0.2, 0.25) is 0 Å². The molecule has 2 rings (SSSR count). The second-order valence-electron chi connectivity index (χ2n) is 6.74. The van der Waals surface area contributed by atoms with Crippen LogP contribution < -0.4 is 5.73 Å². The molecule has 0 radical (unpaired) electrons. The quantitative estimate of drug-likeness (QED) is 0.780. The van der Waals surface area contributed by atoms with E-state index in [0.717, 1.165) is 12.0 Å². The summed E-state index contributed by atoms with van der Waals surface area (Å²) in [6.07, 6.45) is 11.3. The largest absolute Gasteiger partial charge is 0.327 e. The molecule has 18 heavy (non-hydrogen) atoms. The van der Waals surface area contributed by atoms with Gasteiger partial charge in [0, 0.05) is 18.6 Å². The van der Waals surface area contributed by atoms with Gasteiger partial charge in [0.1, 0.15) is 0 Å². The molecule has 0 aromatic rings. The fraction of sp³-hybridized carbons (Fsp3) is 1.00. The first-order valence-corrected chi connectivity index (χ1v) is 8.20. The Morgan fingerprint density at radius 3 is 2.67 bits per heavy atom. The van der Waals surface area contributed by atoms with Crippen LogP contribution in [0.25, 0.3) is 0 Å². The summed E-state index contributed by atoms with van der Waals surface area (Å²) in [4.78, 5) is 2.75. The SMILES string of the molecule is CCCC1CCCC(N2CCC(N)C(C)C2)CC1. The molecule has 0 bridgehead atoms. The van der Waals surface area contributed by atoms with Gasteiger partial charge in [-0.1, -0.05) is 39.5 Å². The molecule has 2 N–H and O–H groups in total. The Balaban J connectivity index is 1.82. The van der Waals surface area contributed by atoms with Crippen LogP contribution in [0.5, 0.6) is 0 Å². The zero-order valence-corrected chi connectivity index (χ0v) is 12.4. The van der Waals surface area contributed by atoms with E-state index in [1.807, 2.05) is 0 Å². The fourth-order valence-electron chi connectivity index (χ4n) is 3.95. The summed E-state index contributed by atoms with van der Waals surface area (Å²) < 4.78 is 0. The average molecular weight is 252 g/mol. The van der Waals surface area contributed by atoms with Gasteiger partial charge in [0.25, 0.3) is 0 Å². The molecule has 1 aliphatic heterocycles. The maximum atomic E-state index is 6.14. The lowest BCUT2D eigenvalue weighted by Crippen LogP contribution is -2.49. The van der Waals surface area contributed by atoms with Crippen LogP contribution in [-0.4, -0.2) is 30.1 Å². The molecule has 4 unspecified atom stereocenters. The number of piperidine rings is 1. The highest BCUT2D eigenvalue weighted by molar-refractivity contribution is 4.85. The molecule has 1 saturated heterocycles. The van der Waals surface area contributed by atoms with Gasteiger partial charge in [-0.3, -0.25) is 0 Å². The lowest BCUT2D eigenvalue weighted by Gasteiger charge is -2.40.